The highest BCUT2D eigenvalue weighted by Crippen LogP contribution is 2.31. The van der Waals surface area contributed by atoms with Crippen LogP contribution in [-0.2, 0) is 9.59 Å². The molecule has 3 heterocycles. The molecule has 0 bridgehead atoms. The van der Waals surface area contributed by atoms with Crippen molar-refractivity contribution < 1.29 is 9.59 Å². The van der Waals surface area contributed by atoms with Gasteiger partial charge in [0.15, 0.2) is 0 Å². The number of likely N-dealkylation sites (tertiary alicyclic amines) is 1. The van der Waals surface area contributed by atoms with Crippen LogP contribution in [0.1, 0.15) is 44.1 Å². The summed E-state index contributed by atoms with van der Waals surface area (Å²) >= 11 is 0. The van der Waals surface area contributed by atoms with Crippen LogP contribution in [0.15, 0.2) is 18.3 Å². The number of anilines is 1. The van der Waals surface area contributed by atoms with Crippen LogP contribution in [-0.4, -0.2) is 46.9 Å². The van der Waals surface area contributed by atoms with Gasteiger partial charge in [0, 0.05) is 31.2 Å². The molecule has 1 aliphatic carbocycles. The molecular weight excluding hydrogens is 342 g/mol. The van der Waals surface area contributed by atoms with Gasteiger partial charge in [-0.15, -0.1) is 0 Å². The maximum absolute atomic E-state index is 13.1. The van der Waals surface area contributed by atoms with Crippen molar-refractivity contribution >= 4 is 17.6 Å². The summed E-state index contributed by atoms with van der Waals surface area (Å²) < 4.78 is 0. The van der Waals surface area contributed by atoms with Crippen molar-refractivity contribution in [1.82, 2.24) is 20.7 Å². The minimum atomic E-state index is -0.178. The number of hydrogen-bond donors (Lipinski definition) is 3. The third-order valence-corrected chi connectivity index (χ3v) is 6.20. The Balaban J connectivity index is 1.36. The predicted octanol–water partition coefficient (Wildman–Crippen LogP) is 1.60. The van der Waals surface area contributed by atoms with Crippen LogP contribution >= 0.6 is 0 Å². The number of hydrogen-bond acceptors (Lipinski definition) is 5. The summed E-state index contributed by atoms with van der Waals surface area (Å²) in [6.45, 7) is 3.19. The van der Waals surface area contributed by atoms with Gasteiger partial charge in [-0.05, 0) is 44.2 Å². The van der Waals surface area contributed by atoms with E-state index in [-0.39, 0.29) is 23.8 Å². The van der Waals surface area contributed by atoms with Crippen LogP contribution in [0.25, 0.3) is 0 Å². The number of rotatable bonds is 3. The molecule has 1 saturated carbocycles. The number of nitrogens with zero attached hydrogens (tertiary/aromatic N) is 2. The quantitative estimate of drug-likeness (QED) is 0.751. The van der Waals surface area contributed by atoms with Gasteiger partial charge in [0.25, 0.3) is 0 Å². The summed E-state index contributed by atoms with van der Waals surface area (Å²) in [5.41, 5.74) is 7.60. The molecule has 3 fully saturated rings. The van der Waals surface area contributed by atoms with Crippen molar-refractivity contribution in [1.29, 1.82) is 0 Å². The first-order valence-electron chi connectivity index (χ1n) is 10.1. The zero-order chi connectivity index (χ0) is 18.8. The van der Waals surface area contributed by atoms with Crippen molar-refractivity contribution in [3.63, 3.8) is 0 Å². The van der Waals surface area contributed by atoms with Gasteiger partial charge in [0.05, 0.1) is 5.92 Å². The molecule has 0 spiro atoms. The molecule has 7 nitrogen and oxygen atoms in total. The lowest BCUT2D eigenvalue weighted by molar-refractivity contribution is -0.137. The van der Waals surface area contributed by atoms with Crippen molar-refractivity contribution in [3.05, 3.63) is 23.9 Å². The van der Waals surface area contributed by atoms with E-state index in [2.05, 4.69) is 21.2 Å². The van der Waals surface area contributed by atoms with Crippen LogP contribution in [0.4, 0.5) is 5.82 Å². The second kappa shape index (κ2) is 7.94. The molecule has 1 aromatic rings. The molecule has 1 aromatic heterocycles. The van der Waals surface area contributed by atoms with Crippen LogP contribution in [0.5, 0.6) is 0 Å². The fourth-order valence-corrected chi connectivity index (χ4v) is 4.64. The number of carbonyl (C=O) groups excluding carboxylic acids is 2. The van der Waals surface area contributed by atoms with Gasteiger partial charge < -0.3 is 10.2 Å². The summed E-state index contributed by atoms with van der Waals surface area (Å²) in [5.74, 6) is 0.861. The molecule has 3 N–H and O–H groups in total. The molecule has 2 saturated heterocycles. The zero-order valence-corrected chi connectivity index (χ0v) is 15.9. The number of aryl methyl sites for hydroxylation is 1. The SMILES string of the molecule is Cc1ccc(NC(=O)C2CCCN(C(=O)C3NNC4CCCCC43)C2)nc1. The highest BCUT2D eigenvalue weighted by Gasteiger charge is 2.43. The minimum absolute atomic E-state index is 0.0445. The molecule has 2 amide bonds. The number of carbonyl (C=O) groups is 2. The zero-order valence-electron chi connectivity index (χ0n) is 15.9. The highest BCUT2D eigenvalue weighted by atomic mass is 16.2. The maximum atomic E-state index is 13.1. The van der Waals surface area contributed by atoms with E-state index < -0.39 is 0 Å². The normalized spacial score (nSPS) is 30.6. The third-order valence-electron chi connectivity index (χ3n) is 6.20. The highest BCUT2D eigenvalue weighted by molar-refractivity contribution is 5.92. The second-order valence-electron chi connectivity index (χ2n) is 8.15. The summed E-state index contributed by atoms with van der Waals surface area (Å²) in [5, 5.41) is 2.90. The Hall–Kier alpha value is -1.99. The van der Waals surface area contributed by atoms with Crippen LogP contribution in [0.2, 0.25) is 0 Å². The topological polar surface area (TPSA) is 86.4 Å². The van der Waals surface area contributed by atoms with E-state index in [0.717, 1.165) is 37.8 Å². The predicted molar refractivity (Wildman–Crippen MR) is 103 cm³/mol. The lowest BCUT2D eigenvalue weighted by Gasteiger charge is -2.35. The molecule has 4 unspecified atom stereocenters. The van der Waals surface area contributed by atoms with Crippen LogP contribution < -0.4 is 16.2 Å². The molecule has 2 aliphatic heterocycles. The molecule has 7 heteroatoms. The lowest BCUT2D eigenvalue weighted by Crippen LogP contribution is -2.52. The van der Waals surface area contributed by atoms with Crippen molar-refractivity contribution in [3.8, 4) is 0 Å². The van der Waals surface area contributed by atoms with Crippen LogP contribution in [0, 0.1) is 18.8 Å². The molecule has 27 heavy (non-hydrogen) atoms. The molecule has 4 rings (SSSR count). The van der Waals surface area contributed by atoms with E-state index in [1.165, 1.54) is 12.8 Å². The van der Waals surface area contributed by atoms with Gasteiger partial charge in [-0.1, -0.05) is 18.9 Å². The smallest absolute Gasteiger partial charge is 0.241 e. The number of hydrazine groups is 1. The van der Waals surface area contributed by atoms with Crippen molar-refractivity contribution in [2.45, 2.75) is 57.5 Å². The Labute approximate surface area is 160 Å². The van der Waals surface area contributed by atoms with Gasteiger partial charge >= 0.3 is 0 Å². The number of amides is 2. The number of pyridine rings is 1. The molecule has 0 aromatic carbocycles. The fraction of sp³-hybridized carbons (Fsp3) is 0.650. The number of aromatic nitrogens is 1. The van der Waals surface area contributed by atoms with E-state index in [0.29, 0.717) is 24.3 Å². The van der Waals surface area contributed by atoms with E-state index >= 15 is 0 Å². The van der Waals surface area contributed by atoms with Gasteiger partial charge in [-0.25, -0.2) is 10.4 Å². The van der Waals surface area contributed by atoms with Crippen molar-refractivity contribution in [2.75, 3.05) is 18.4 Å². The second-order valence-corrected chi connectivity index (χ2v) is 8.15. The molecule has 0 radical (unpaired) electrons. The molecule has 146 valence electrons. The largest absolute Gasteiger partial charge is 0.340 e. The number of nitrogens with one attached hydrogen (secondary N) is 3. The number of fused-ring (bicyclic) bond motifs is 1. The Morgan fingerprint density at radius 3 is 2.81 bits per heavy atom. The Morgan fingerprint density at radius 1 is 1.15 bits per heavy atom. The maximum Gasteiger partial charge on any atom is 0.241 e. The van der Waals surface area contributed by atoms with Gasteiger partial charge in [0.1, 0.15) is 11.9 Å². The molecule has 3 aliphatic rings. The first kappa shape index (κ1) is 18.4. The van der Waals surface area contributed by atoms with E-state index in [9.17, 15) is 9.59 Å². The first-order chi connectivity index (χ1) is 13.1. The summed E-state index contributed by atoms with van der Waals surface area (Å²) in [6, 6.07) is 4.00. The Morgan fingerprint density at radius 2 is 2.00 bits per heavy atom. The summed E-state index contributed by atoms with van der Waals surface area (Å²) in [6.07, 6.45) is 8.07. The Bertz CT molecular complexity index is 692. The van der Waals surface area contributed by atoms with Gasteiger partial charge in [0.2, 0.25) is 11.8 Å². The van der Waals surface area contributed by atoms with Crippen molar-refractivity contribution in [2.24, 2.45) is 11.8 Å². The monoisotopic (exact) mass is 371 g/mol. The van der Waals surface area contributed by atoms with Gasteiger partial charge in [-0.2, -0.15) is 0 Å². The van der Waals surface area contributed by atoms with E-state index in [4.69, 9.17) is 0 Å². The minimum Gasteiger partial charge on any atom is -0.340 e. The third kappa shape index (κ3) is 3.99. The van der Waals surface area contributed by atoms with E-state index in [1.54, 1.807) is 6.20 Å². The summed E-state index contributed by atoms with van der Waals surface area (Å²) in [7, 11) is 0. The van der Waals surface area contributed by atoms with Gasteiger partial charge in [-0.3, -0.25) is 15.0 Å². The lowest BCUT2D eigenvalue weighted by atomic mass is 9.81. The Kier molecular flexibility index (Phi) is 5.41. The summed E-state index contributed by atoms with van der Waals surface area (Å²) in [4.78, 5) is 31.9. The molecular formula is C20H29N5O2. The average Bonchev–Trinajstić information content (AvgIpc) is 3.13. The van der Waals surface area contributed by atoms with E-state index in [1.807, 2.05) is 24.0 Å². The number of piperidine rings is 1. The standard InChI is InChI=1S/C20H29N5O2/c1-13-8-9-17(21-11-13)22-19(26)14-5-4-10-25(12-14)20(27)18-15-6-2-3-7-16(15)23-24-18/h8-9,11,14-16,18,23-24H,2-7,10,12H2,1H3,(H,21,22,26). The van der Waals surface area contributed by atoms with Crippen LogP contribution in [0.3, 0.4) is 0 Å². The fourth-order valence-electron chi connectivity index (χ4n) is 4.64. The first-order valence-corrected chi connectivity index (χ1v) is 10.1. The molecule has 4 atom stereocenters. The average molecular weight is 371 g/mol.